The first kappa shape index (κ1) is 16.2. The summed E-state index contributed by atoms with van der Waals surface area (Å²) >= 11 is -2.25. The maximum absolute atomic E-state index is 12.3. The van der Waals surface area contributed by atoms with Crippen LogP contribution < -0.4 is 8.35 Å². The van der Waals surface area contributed by atoms with E-state index < -0.39 is 29.4 Å². The van der Waals surface area contributed by atoms with E-state index >= 15 is 0 Å². The van der Waals surface area contributed by atoms with Crippen molar-refractivity contribution < 1.29 is 13.2 Å². The van der Waals surface area contributed by atoms with E-state index in [1.54, 1.807) is 31.4 Å². The van der Waals surface area contributed by atoms with Crippen molar-refractivity contribution in [1.29, 1.82) is 0 Å². The van der Waals surface area contributed by atoms with Gasteiger partial charge in [0.2, 0.25) is 0 Å². The Balaban J connectivity index is 2.33. The summed E-state index contributed by atoms with van der Waals surface area (Å²) in [5.74, 6) is 0.756. The predicted molar refractivity (Wildman–Crippen MR) is 85.0 cm³/mol. The molecular weight excluding hydrogens is 402 g/mol. The molecule has 0 saturated carbocycles. The SMILES string of the molecule is COc1ccc([Te](C)=NS(=O)(=O)c2ccc(C)cc2)cc1. The van der Waals surface area contributed by atoms with E-state index in [1.165, 1.54) is 0 Å². The molecule has 0 aliphatic carbocycles. The van der Waals surface area contributed by atoms with Gasteiger partial charge in [0.25, 0.3) is 0 Å². The molecule has 2 aromatic rings. The molecule has 0 amide bonds. The number of nitrogens with zero attached hydrogens (tertiary/aromatic N) is 1. The molecule has 0 atom stereocenters. The summed E-state index contributed by atoms with van der Waals surface area (Å²) in [6.45, 7) is 1.92. The third-order valence-electron chi connectivity index (χ3n) is 2.93. The van der Waals surface area contributed by atoms with Crippen LogP contribution in [-0.4, -0.2) is 34.9 Å². The molecule has 0 fully saturated rings. The van der Waals surface area contributed by atoms with Gasteiger partial charge in [-0.1, -0.05) is 0 Å². The molecule has 0 N–H and O–H groups in total. The summed E-state index contributed by atoms with van der Waals surface area (Å²) in [5, 5.41) is 0. The third-order valence-corrected chi connectivity index (χ3v) is 10.5. The molecule has 6 heteroatoms. The molecule has 112 valence electrons. The number of aryl methyl sites for hydroxylation is 1. The summed E-state index contributed by atoms with van der Waals surface area (Å²) in [4.78, 5) is 2.19. The first-order valence-corrected chi connectivity index (χ1v) is 12.2. The zero-order valence-electron chi connectivity index (χ0n) is 12.1. The van der Waals surface area contributed by atoms with Crippen molar-refractivity contribution in [2.45, 2.75) is 16.8 Å². The first-order chi connectivity index (χ1) is 9.92. The molecular formula is C15H17NO3STe. The maximum atomic E-state index is 12.3. The number of ether oxygens (including phenoxy) is 1. The van der Waals surface area contributed by atoms with Crippen molar-refractivity contribution in [1.82, 2.24) is 0 Å². The van der Waals surface area contributed by atoms with Gasteiger partial charge in [-0.05, 0) is 0 Å². The molecule has 0 radical (unpaired) electrons. The molecule has 0 bridgehead atoms. The second-order valence-electron chi connectivity index (χ2n) is 4.52. The van der Waals surface area contributed by atoms with Gasteiger partial charge in [0.05, 0.1) is 0 Å². The van der Waals surface area contributed by atoms with Crippen molar-refractivity contribution in [2.75, 3.05) is 7.11 Å². The monoisotopic (exact) mass is 421 g/mol. The Bertz CT molecular complexity index is 751. The fraction of sp³-hybridized carbons (Fsp3) is 0.200. The van der Waals surface area contributed by atoms with Crippen LogP contribution in [0.25, 0.3) is 0 Å². The number of sulfonamides is 1. The molecule has 0 aliphatic rings. The van der Waals surface area contributed by atoms with Gasteiger partial charge in [0.15, 0.2) is 0 Å². The topological polar surface area (TPSA) is 55.7 Å². The second-order valence-corrected chi connectivity index (χ2v) is 11.4. The number of rotatable bonds is 4. The molecule has 0 aromatic heterocycles. The zero-order valence-corrected chi connectivity index (χ0v) is 15.3. The molecule has 0 unspecified atom stereocenters. The van der Waals surface area contributed by atoms with Crippen LogP contribution in [0.2, 0.25) is 4.97 Å². The summed E-state index contributed by atoms with van der Waals surface area (Å²) in [6, 6.07) is 14.2. The number of hydrogen-bond donors (Lipinski definition) is 0. The standard InChI is InChI=1S/C15H17NO3STe/c1-12-4-8-14(9-5-12)20(17,18)16-21(3)15-10-6-13(19-2)7-11-15/h4-11H,1-3H3. The van der Waals surface area contributed by atoms with Gasteiger partial charge < -0.3 is 0 Å². The fourth-order valence-electron chi connectivity index (χ4n) is 1.72. The van der Waals surface area contributed by atoms with Gasteiger partial charge in [-0.25, -0.2) is 0 Å². The van der Waals surface area contributed by atoms with Crippen LogP contribution >= 0.6 is 0 Å². The van der Waals surface area contributed by atoms with E-state index in [-0.39, 0.29) is 4.90 Å². The Morgan fingerprint density at radius 2 is 1.57 bits per heavy atom. The van der Waals surface area contributed by atoms with E-state index in [1.807, 2.05) is 36.2 Å². The van der Waals surface area contributed by atoms with Gasteiger partial charge in [0.1, 0.15) is 0 Å². The summed E-state index contributed by atoms with van der Waals surface area (Å²) in [6.07, 6.45) is 0. The zero-order chi connectivity index (χ0) is 15.5. The Morgan fingerprint density at radius 3 is 2.10 bits per heavy atom. The van der Waals surface area contributed by atoms with Crippen molar-refractivity contribution in [3.8, 4) is 5.75 Å². The number of methoxy groups -OCH3 is 1. The van der Waals surface area contributed by atoms with Crippen LogP contribution in [0.1, 0.15) is 5.56 Å². The van der Waals surface area contributed by atoms with Gasteiger partial charge >= 0.3 is 133 Å². The molecule has 4 nitrogen and oxygen atoms in total. The quantitative estimate of drug-likeness (QED) is 0.717. The molecule has 0 aliphatic heterocycles. The van der Waals surface area contributed by atoms with E-state index in [0.717, 1.165) is 14.9 Å². The van der Waals surface area contributed by atoms with E-state index in [4.69, 9.17) is 4.74 Å². The average Bonchev–Trinajstić information content (AvgIpc) is 2.47. The minimum atomic E-state index is -3.57. The first-order valence-electron chi connectivity index (χ1n) is 6.27. The number of benzene rings is 2. The van der Waals surface area contributed by atoms with E-state index in [2.05, 4.69) is 2.59 Å². The molecule has 2 rings (SSSR count). The molecule has 21 heavy (non-hydrogen) atoms. The van der Waals surface area contributed by atoms with E-state index in [9.17, 15) is 8.42 Å². The molecule has 0 spiro atoms. The minimum absolute atomic E-state index is 0.259. The van der Waals surface area contributed by atoms with Crippen molar-refractivity contribution in [3.05, 3.63) is 54.1 Å². The normalized spacial score (nSPS) is 13.1. The average molecular weight is 419 g/mol. The van der Waals surface area contributed by atoms with Gasteiger partial charge in [-0.15, -0.1) is 0 Å². The number of hydrogen-bond acceptors (Lipinski definition) is 3. The van der Waals surface area contributed by atoms with Crippen LogP contribution in [0.4, 0.5) is 0 Å². The van der Waals surface area contributed by atoms with Crippen LogP contribution in [0.5, 0.6) is 5.75 Å². The van der Waals surface area contributed by atoms with Crippen molar-refractivity contribution >= 4 is 33.0 Å². The molecule has 0 saturated heterocycles. The Kier molecular flexibility index (Phi) is 5.15. The van der Waals surface area contributed by atoms with Crippen LogP contribution in [0.15, 0.2) is 56.0 Å². The van der Waals surface area contributed by atoms with Gasteiger partial charge in [0, 0.05) is 0 Å². The summed E-state index contributed by atoms with van der Waals surface area (Å²) in [7, 11) is -1.97. The predicted octanol–water partition coefficient (Wildman–Crippen LogP) is 2.49. The van der Waals surface area contributed by atoms with Gasteiger partial charge in [-0.2, -0.15) is 0 Å². The Morgan fingerprint density at radius 1 is 1.00 bits per heavy atom. The van der Waals surface area contributed by atoms with Crippen molar-refractivity contribution in [2.24, 2.45) is 2.59 Å². The second kappa shape index (κ2) is 6.69. The fourth-order valence-corrected chi connectivity index (χ4v) is 8.17. The molecule has 0 heterocycles. The van der Waals surface area contributed by atoms with Crippen LogP contribution in [0, 0.1) is 6.92 Å². The molecule has 2 aromatic carbocycles. The van der Waals surface area contributed by atoms with Crippen LogP contribution in [-0.2, 0) is 10.0 Å². The van der Waals surface area contributed by atoms with Gasteiger partial charge in [-0.3, -0.25) is 0 Å². The summed E-state index contributed by atoms with van der Waals surface area (Å²) < 4.78 is 34.8. The van der Waals surface area contributed by atoms with Crippen molar-refractivity contribution in [3.63, 3.8) is 0 Å². The Labute approximate surface area is 132 Å². The Hall–Kier alpha value is -1.22. The van der Waals surface area contributed by atoms with Crippen LogP contribution in [0.3, 0.4) is 0 Å². The third kappa shape index (κ3) is 4.13. The summed E-state index contributed by atoms with van der Waals surface area (Å²) in [5.41, 5.74) is 1.03. The van der Waals surface area contributed by atoms with E-state index in [0.29, 0.717) is 0 Å².